The summed E-state index contributed by atoms with van der Waals surface area (Å²) in [6.45, 7) is 3.28. The topological polar surface area (TPSA) is 19.4 Å². The van der Waals surface area contributed by atoms with Crippen LogP contribution in [0.2, 0.25) is 0 Å². The molecule has 1 aliphatic rings. The van der Waals surface area contributed by atoms with Crippen molar-refractivity contribution >= 4 is 11.3 Å². The van der Waals surface area contributed by atoms with Crippen LogP contribution in [0.15, 0.2) is 10.9 Å². The molecule has 2 rings (SSSR count). The van der Waals surface area contributed by atoms with Crippen molar-refractivity contribution in [2.45, 2.75) is 38.3 Å². The molecule has 1 aromatic heterocycles. The summed E-state index contributed by atoms with van der Waals surface area (Å²) in [5.74, 6) is 0. The molecule has 0 aromatic carbocycles. The van der Waals surface area contributed by atoms with E-state index in [0.717, 1.165) is 19.1 Å². The number of likely N-dealkylation sites (N-methyl/N-ethyl adjacent to an activating group) is 2. The van der Waals surface area contributed by atoms with Gasteiger partial charge in [-0.3, -0.25) is 4.90 Å². The Balaban J connectivity index is 1.66. The Kier molecular flexibility index (Phi) is 4.95. The maximum atomic E-state index is 4.32. The Morgan fingerprint density at radius 1 is 1.29 bits per heavy atom. The van der Waals surface area contributed by atoms with Crippen LogP contribution >= 0.6 is 11.3 Å². The molecule has 0 atom stereocenters. The third-order valence-electron chi connectivity index (χ3n) is 3.70. The first-order valence-electron chi connectivity index (χ1n) is 6.51. The molecule has 0 saturated heterocycles. The maximum absolute atomic E-state index is 4.32. The van der Waals surface area contributed by atoms with E-state index in [1.54, 1.807) is 11.3 Å². The van der Waals surface area contributed by atoms with E-state index in [2.05, 4.69) is 34.3 Å². The molecule has 3 nitrogen and oxygen atoms in total. The summed E-state index contributed by atoms with van der Waals surface area (Å²) in [6.07, 6.45) is 5.63. The van der Waals surface area contributed by atoms with E-state index >= 15 is 0 Å². The molecule has 17 heavy (non-hydrogen) atoms. The zero-order valence-corrected chi connectivity index (χ0v) is 11.7. The van der Waals surface area contributed by atoms with Gasteiger partial charge in [0.1, 0.15) is 0 Å². The van der Waals surface area contributed by atoms with Gasteiger partial charge in [-0.15, -0.1) is 11.3 Å². The van der Waals surface area contributed by atoms with Crippen molar-refractivity contribution in [3.63, 3.8) is 0 Å². The van der Waals surface area contributed by atoms with Gasteiger partial charge < -0.3 is 4.90 Å². The molecule has 0 unspecified atom stereocenters. The van der Waals surface area contributed by atoms with Gasteiger partial charge in [-0.2, -0.15) is 0 Å². The molecule has 1 saturated carbocycles. The van der Waals surface area contributed by atoms with Crippen LogP contribution in [0.1, 0.15) is 31.4 Å². The second-order valence-electron chi connectivity index (χ2n) is 5.14. The summed E-state index contributed by atoms with van der Waals surface area (Å²) in [7, 11) is 4.45. The summed E-state index contributed by atoms with van der Waals surface area (Å²) >= 11 is 1.68. The van der Waals surface area contributed by atoms with E-state index in [4.69, 9.17) is 0 Å². The third kappa shape index (κ3) is 4.05. The van der Waals surface area contributed by atoms with E-state index in [1.165, 1.54) is 37.9 Å². The lowest BCUT2D eigenvalue weighted by molar-refractivity contribution is 0.203. The maximum Gasteiger partial charge on any atom is 0.0795 e. The highest BCUT2D eigenvalue weighted by Gasteiger charge is 2.19. The summed E-state index contributed by atoms with van der Waals surface area (Å²) in [5.41, 5.74) is 3.11. The van der Waals surface area contributed by atoms with E-state index in [1.807, 2.05) is 5.51 Å². The smallest absolute Gasteiger partial charge is 0.0795 e. The second-order valence-corrected chi connectivity index (χ2v) is 5.86. The fourth-order valence-electron chi connectivity index (χ4n) is 2.53. The van der Waals surface area contributed by atoms with Crippen molar-refractivity contribution in [3.8, 4) is 0 Å². The van der Waals surface area contributed by atoms with Crippen LogP contribution in [0, 0.1) is 0 Å². The van der Waals surface area contributed by atoms with Crippen molar-refractivity contribution in [1.29, 1.82) is 0 Å². The van der Waals surface area contributed by atoms with Gasteiger partial charge in [0.05, 0.1) is 11.2 Å². The van der Waals surface area contributed by atoms with Gasteiger partial charge >= 0.3 is 0 Å². The van der Waals surface area contributed by atoms with Crippen LogP contribution in [0.5, 0.6) is 0 Å². The minimum atomic E-state index is 0.836. The lowest BCUT2D eigenvalue weighted by Crippen LogP contribution is -2.36. The number of hydrogen-bond acceptors (Lipinski definition) is 4. The van der Waals surface area contributed by atoms with Gasteiger partial charge in [0.25, 0.3) is 0 Å². The summed E-state index contributed by atoms with van der Waals surface area (Å²) < 4.78 is 0. The summed E-state index contributed by atoms with van der Waals surface area (Å²) in [4.78, 5) is 9.22. The average Bonchev–Trinajstić information content (AvgIpc) is 2.97. The largest absolute Gasteiger partial charge is 0.302 e. The Hall–Kier alpha value is -0.450. The van der Waals surface area contributed by atoms with Crippen LogP contribution in [-0.2, 0) is 6.54 Å². The molecule has 1 heterocycles. The lowest BCUT2D eigenvalue weighted by Gasteiger charge is -2.26. The van der Waals surface area contributed by atoms with E-state index in [-0.39, 0.29) is 0 Å². The summed E-state index contributed by atoms with van der Waals surface area (Å²) in [5, 5.41) is 2.14. The van der Waals surface area contributed by atoms with Crippen LogP contribution in [0.3, 0.4) is 0 Å². The van der Waals surface area contributed by atoms with E-state index in [0.29, 0.717) is 0 Å². The number of nitrogens with zero attached hydrogens (tertiary/aromatic N) is 3. The standard InChI is InChI=1S/C13H23N3S/c1-15(9-12-10-17-11-14-12)7-8-16(2)13-5-3-4-6-13/h10-11,13H,3-9H2,1-2H3. The van der Waals surface area contributed by atoms with Crippen molar-refractivity contribution in [3.05, 3.63) is 16.6 Å². The first-order chi connectivity index (χ1) is 8.25. The van der Waals surface area contributed by atoms with Crippen molar-refractivity contribution in [2.75, 3.05) is 27.2 Å². The monoisotopic (exact) mass is 253 g/mol. The molecule has 96 valence electrons. The molecule has 1 fully saturated rings. The fourth-order valence-corrected chi connectivity index (χ4v) is 3.08. The van der Waals surface area contributed by atoms with Crippen LogP contribution in [0.25, 0.3) is 0 Å². The molecular formula is C13H23N3S. The first-order valence-corrected chi connectivity index (χ1v) is 7.46. The van der Waals surface area contributed by atoms with Gasteiger partial charge in [0.15, 0.2) is 0 Å². The highest BCUT2D eigenvalue weighted by atomic mass is 32.1. The molecule has 0 spiro atoms. The minimum absolute atomic E-state index is 0.836. The highest BCUT2D eigenvalue weighted by Crippen LogP contribution is 2.22. The Morgan fingerprint density at radius 2 is 2.06 bits per heavy atom. The predicted octanol–water partition coefficient (Wildman–Crippen LogP) is 2.45. The molecule has 4 heteroatoms. The number of aromatic nitrogens is 1. The number of rotatable bonds is 6. The Labute approximate surface area is 108 Å². The number of thiazole rings is 1. The van der Waals surface area contributed by atoms with Crippen molar-refractivity contribution in [2.24, 2.45) is 0 Å². The molecule has 0 bridgehead atoms. The molecule has 0 amide bonds. The molecule has 0 N–H and O–H groups in total. The zero-order chi connectivity index (χ0) is 12.1. The zero-order valence-electron chi connectivity index (χ0n) is 10.9. The average molecular weight is 253 g/mol. The first kappa shape index (κ1) is 13.0. The Bertz CT molecular complexity index is 306. The SMILES string of the molecule is CN(CCN(C)C1CCCC1)Cc1cscn1. The van der Waals surface area contributed by atoms with Gasteiger partial charge in [-0.1, -0.05) is 12.8 Å². The van der Waals surface area contributed by atoms with Gasteiger partial charge in [0, 0.05) is 31.1 Å². The van der Waals surface area contributed by atoms with Crippen LogP contribution in [0.4, 0.5) is 0 Å². The van der Waals surface area contributed by atoms with Gasteiger partial charge in [-0.05, 0) is 26.9 Å². The molecule has 0 aliphatic heterocycles. The van der Waals surface area contributed by atoms with E-state index < -0.39 is 0 Å². The van der Waals surface area contributed by atoms with Crippen LogP contribution in [-0.4, -0.2) is 48.0 Å². The highest BCUT2D eigenvalue weighted by molar-refractivity contribution is 7.07. The fraction of sp³-hybridized carbons (Fsp3) is 0.769. The lowest BCUT2D eigenvalue weighted by atomic mass is 10.2. The molecule has 1 aromatic rings. The van der Waals surface area contributed by atoms with E-state index in [9.17, 15) is 0 Å². The predicted molar refractivity (Wildman–Crippen MR) is 73.3 cm³/mol. The third-order valence-corrected chi connectivity index (χ3v) is 4.33. The van der Waals surface area contributed by atoms with Crippen molar-refractivity contribution in [1.82, 2.24) is 14.8 Å². The number of hydrogen-bond donors (Lipinski definition) is 0. The van der Waals surface area contributed by atoms with Gasteiger partial charge in [0.2, 0.25) is 0 Å². The van der Waals surface area contributed by atoms with Gasteiger partial charge in [-0.25, -0.2) is 4.98 Å². The minimum Gasteiger partial charge on any atom is -0.302 e. The summed E-state index contributed by atoms with van der Waals surface area (Å²) in [6, 6.07) is 0.836. The molecular weight excluding hydrogens is 230 g/mol. The second kappa shape index (κ2) is 6.47. The molecule has 0 radical (unpaired) electrons. The normalized spacial score (nSPS) is 17.4. The van der Waals surface area contributed by atoms with Crippen molar-refractivity contribution < 1.29 is 0 Å². The Morgan fingerprint density at radius 3 is 2.71 bits per heavy atom. The van der Waals surface area contributed by atoms with Crippen LogP contribution < -0.4 is 0 Å². The molecule has 1 aliphatic carbocycles. The quantitative estimate of drug-likeness (QED) is 0.776.